The Hall–Kier alpha value is 0.120. The monoisotopic (exact) mass is 245 g/mol. The lowest BCUT2D eigenvalue weighted by Gasteiger charge is -2.18. The summed E-state index contributed by atoms with van der Waals surface area (Å²) in [6.45, 7) is 1.34. The molecule has 4 N–H and O–H groups in total. The minimum atomic E-state index is -1.37. The summed E-state index contributed by atoms with van der Waals surface area (Å²) in [6, 6.07) is -1.22. The molecule has 5 heteroatoms. The molecule has 9 heavy (non-hydrogen) atoms. The Morgan fingerprint density at radius 3 is 2.22 bits per heavy atom. The van der Waals surface area contributed by atoms with Gasteiger partial charge in [-0.3, -0.25) is 4.79 Å². The third-order valence-corrected chi connectivity index (χ3v) is 1.50. The van der Waals surface area contributed by atoms with Crippen LogP contribution in [0.2, 0.25) is 0 Å². The number of alkyl halides is 1. The Morgan fingerprint density at radius 1 is 1.89 bits per heavy atom. The van der Waals surface area contributed by atoms with Gasteiger partial charge in [-0.15, -0.1) is 0 Å². The summed E-state index contributed by atoms with van der Waals surface area (Å²) < 4.78 is -1.37. The van der Waals surface area contributed by atoms with Crippen LogP contribution in [-0.2, 0) is 4.79 Å². The van der Waals surface area contributed by atoms with E-state index in [2.05, 4.69) is 0 Å². The molecule has 0 aromatic heterocycles. The van der Waals surface area contributed by atoms with Crippen molar-refractivity contribution >= 4 is 28.6 Å². The van der Waals surface area contributed by atoms with Crippen molar-refractivity contribution in [3.63, 3.8) is 0 Å². The summed E-state index contributed by atoms with van der Waals surface area (Å²) in [5.41, 5.74) is 5.04. The largest absolute Gasteiger partial charge is 0.480 e. The Balaban J connectivity index is 4.04. The number of carbonyl (C=O) groups is 1. The van der Waals surface area contributed by atoms with Gasteiger partial charge in [0.1, 0.15) is 9.65 Å². The molecule has 0 saturated carbocycles. The molecule has 0 saturated heterocycles. The van der Waals surface area contributed by atoms with Crippen molar-refractivity contribution in [3.8, 4) is 0 Å². The van der Waals surface area contributed by atoms with Crippen LogP contribution in [0.5, 0.6) is 0 Å². The summed E-state index contributed by atoms with van der Waals surface area (Å²) in [7, 11) is 0. The fraction of sp³-hybridized carbons (Fsp3) is 0.750. The van der Waals surface area contributed by atoms with Crippen molar-refractivity contribution < 1.29 is 15.0 Å². The van der Waals surface area contributed by atoms with E-state index in [1.165, 1.54) is 6.92 Å². The average molecular weight is 245 g/mol. The van der Waals surface area contributed by atoms with Crippen LogP contribution < -0.4 is 5.73 Å². The van der Waals surface area contributed by atoms with Crippen LogP contribution >= 0.6 is 22.6 Å². The van der Waals surface area contributed by atoms with Gasteiger partial charge in [-0.1, -0.05) is 0 Å². The summed E-state index contributed by atoms with van der Waals surface area (Å²) >= 11 is 1.57. The van der Waals surface area contributed by atoms with Gasteiger partial charge < -0.3 is 15.9 Å². The second-order valence-corrected chi connectivity index (χ2v) is 4.02. The van der Waals surface area contributed by atoms with E-state index in [1.807, 2.05) is 0 Å². The Morgan fingerprint density at radius 2 is 2.22 bits per heavy atom. The normalized spacial score (nSPS) is 20.4. The molecule has 0 aliphatic heterocycles. The van der Waals surface area contributed by atoms with E-state index in [4.69, 9.17) is 15.9 Å². The topological polar surface area (TPSA) is 83.5 Å². The quantitative estimate of drug-likeness (QED) is 0.454. The van der Waals surface area contributed by atoms with Gasteiger partial charge in [0.05, 0.1) is 0 Å². The minimum absolute atomic E-state index is 1.20. The fourth-order valence-corrected chi connectivity index (χ4v) is 0.492. The maximum absolute atomic E-state index is 10.1. The number of hydrogen-bond donors (Lipinski definition) is 3. The van der Waals surface area contributed by atoms with E-state index < -0.39 is 15.6 Å². The first-order valence-corrected chi connectivity index (χ1v) is 3.33. The van der Waals surface area contributed by atoms with Gasteiger partial charge in [-0.05, 0) is 29.5 Å². The van der Waals surface area contributed by atoms with Crippen LogP contribution in [0, 0.1) is 0 Å². The Bertz CT molecular complexity index is 119. The van der Waals surface area contributed by atoms with Crippen LogP contribution in [0.3, 0.4) is 0 Å². The van der Waals surface area contributed by atoms with Gasteiger partial charge in [-0.2, -0.15) is 0 Å². The molecule has 2 atom stereocenters. The van der Waals surface area contributed by atoms with E-state index >= 15 is 0 Å². The number of carboxylic acid groups (broad SMARTS) is 1. The second-order valence-electron chi connectivity index (χ2n) is 1.84. The standard InChI is InChI=1S/C4H8INO3/c1-4(5,9)2(6)3(7)8/h2,9H,6H2,1H3,(H,7,8)/t2-,4?/m1/s1. The molecule has 0 aromatic rings. The van der Waals surface area contributed by atoms with E-state index in [0.29, 0.717) is 0 Å². The molecule has 0 radical (unpaired) electrons. The average Bonchev–Trinajstić information content (AvgIpc) is 1.62. The third-order valence-electron chi connectivity index (χ3n) is 0.834. The van der Waals surface area contributed by atoms with Crippen LogP contribution in [0.25, 0.3) is 0 Å². The number of aliphatic carboxylic acids is 1. The molecular formula is C4H8INO3. The molecule has 1 unspecified atom stereocenters. The molecule has 4 nitrogen and oxygen atoms in total. The van der Waals surface area contributed by atoms with Crippen molar-refractivity contribution in [2.24, 2.45) is 5.73 Å². The van der Waals surface area contributed by atoms with E-state index in [9.17, 15) is 4.79 Å². The van der Waals surface area contributed by atoms with Gasteiger partial charge in [0.25, 0.3) is 0 Å². The molecule has 0 bridgehead atoms. The highest BCUT2D eigenvalue weighted by Gasteiger charge is 2.30. The lowest BCUT2D eigenvalue weighted by molar-refractivity contribution is -0.141. The third kappa shape index (κ3) is 2.97. The zero-order valence-electron chi connectivity index (χ0n) is 4.84. The summed E-state index contributed by atoms with van der Waals surface area (Å²) in [5, 5.41) is 17.2. The molecule has 0 aromatic carbocycles. The fourth-order valence-electron chi connectivity index (χ4n) is 0.225. The molecule has 0 rings (SSSR count). The van der Waals surface area contributed by atoms with E-state index in [-0.39, 0.29) is 0 Å². The van der Waals surface area contributed by atoms with E-state index in [1.54, 1.807) is 22.6 Å². The van der Waals surface area contributed by atoms with Crippen molar-refractivity contribution in [1.29, 1.82) is 0 Å². The van der Waals surface area contributed by atoms with Crippen molar-refractivity contribution in [2.75, 3.05) is 0 Å². The SMILES string of the molecule is CC(O)(I)[C@H](N)C(=O)O. The maximum Gasteiger partial charge on any atom is 0.324 e. The molecule has 54 valence electrons. The molecule has 0 aliphatic carbocycles. The zero-order chi connectivity index (χ0) is 7.65. The van der Waals surface area contributed by atoms with Crippen molar-refractivity contribution in [1.82, 2.24) is 0 Å². The first-order valence-electron chi connectivity index (χ1n) is 2.25. The number of aliphatic hydroxyl groups is 1. The second kappa shape index (κ2) is 2.80. The van der Waals surface area contributed by atoms with Gasteiger partial charge in [-0.25, -0.2) is 0 Å². The number of carboxylic acids is 1. The number of rotatable bonds is 2. The van der Waals surface area contributed by atoms with Crippen LogP contribution in [0.15, 0.2) is 0 Å². The summed E-state index contributed by atoms with van der Waals surface area (Å²) in [5.74, 6) is -1.20. The smallest absolute Gasteiger partial charge is 0.324 e. The molecular weight excluding hydrogens is 237 g/mol. The maximum atomic E-state index is 10.1. The highest BCUT2D eigenvalue weighted by atomic mass is 127. The molecule has 0 aliphatic rings. The number of hydrogen-bond acceptors (Lipinski definition) is 3. The van der Waals surface area contributed by atoms with Crippen molar-refractivity contribution in [3.05, 3.63) is 0 Å². The molecule has 0 spiro atoms. The molecule has 0 fully saturated rings. The van der Waals surface area contributed by atoms with E-state index in [0.717, 1.165) is 0 Å². The van der Waals surface area contributed by atoms with Gasteiger partial charge in [0, 0.05) is 0 Å². The molecule has 0 heterocycles. The minimum Gasteiger partial charge on any atom is -0.480 e. The highest BCUT2D eigenvalue weighted by molar-refractivity contribution is 14.1. The van der Waals surface area contributed by atoms with Crippen LogP contribution in [-0.4, -0.2) is 25.8 Å². The predicted molar refractivity (Wildman–Crippen MR) is 40.3 cm³/mol. The highest BCUT2D eigenvalue weighted by Crippen LogP contribution is 2.16. The Labute approximate surface area is 66.2 Å². The Kier molecular flexibility index (Phi) is 2.84. The van der Waals surface area contributed by atoms with Crippen LogP contribution in [0.4, 0.5) is 0 Å². The summed E-state index contributed by atoms with van der Waals surface area (Å²) in [6.07, 6.45) is 0. The number of nitrogens with two attached hydrogens (primary N) is 1. The van der Waals surface area contributed by atoms with Gasteiger partial charge in [0.2, 0.25) is 0 Å². The lowest BCUT2D eigenvalue weighted by atomic mass is 10.2. The first kappa shape index (κ1) is 9.12. The number of halogens is 1. The lowest BCUT2D eigenvalue weighted by Crippen LogP contribution is -2.46. The predicted octanol–water partition coefficient (Wildman–Crippen LogP) is -0.458. The van der Waals surface area contributed by atoms with Crippen LogP contribution in [0.1, 0.15) is 6.92 Å². The van der Waals surface area contributed by atoms with Crippen molar-refractivity contribution in [2.45, 2.75) is 16.6 Å². The zero-order valence-corrected chi connectivity index (χ0v) is 6.99. The van der Waals surface area contributed by atoms with Gasteiger partial charge in [0.15, 0.2) is 0 Å². The van der Waals surface area contributed by atoms with Gasteiger partial charge >= 0.3 is 5.97 Å². The summed E-state index contributed by atoms with van der Waals surface area (Å²) in [4.78, 5) is 10.1. The first-order chi connectivity index (χ1) is 3.85. The molecule has 0 amide bonds.